The average molecular weight is 248 g/mol. The lowest BCUT2D eigenvalue weighted by atomic mass is 9.87. The standard InChI is InChI=1S/C15H24N2O/c1-4-18-14-7-5-6-13(10-14)17-9-8-15(16)11(2)12(17)3/h5-7,10-12,15H,4,8-9,16H2,1-3H3. The van der Waals surface area contributed by atoms with Gasteiger partial charge in [-0.3, -0.25) is 0 Å². The molecular formula is C15H24N2O. The summed E-state index contributed by atoms with van der Waals surface area (Å²) in [5.41, 5.74) is 7.38. The molecule has 1 aliphatic rings. The number of piperidine rings is 1. The van der Waals surface area contributed by atoms with Gasteiger partial charge in [-0.2, -0.15) is 0 Å². The minimum atomic E-state index is 0.325. The average Bonchev–Trinajstić information content (AvgIpc) is 2.37. The SMILES string of the molecule is CCOc1cccc(N2CCC(N)C(C)C2C)c1. The first-order valence-corrected chi connectivity index (χ1v) is 6.88. The van der Waals surface area contributed by atoms with Gasteiger partial charge in [0.2, 0.25) is 0 Å². The molecule has 2 rings (SSSR count). The van der Waals surface area contributed by atoms with E-state index in [1.807, 2.05) is 13.0 Å². The van der Waals surface area contributed by atoms with Crippen molar-refractivity contribution in [2.24, 2.45) is 11.7 Å². The maximum atomic E-state index is 6.14. The number of ether oxygens (including phenoxy) is 1. The fraction of sp³-hybridized carbons (Fsp3) is 0.600. The second-order valence-electron chi connectivity index (χ2n) is 5.18. The van der Waals surface area contributed by atoms with Gasteiger partial charge in [-0.1, -0.05) is 13.0 Å². The molecular weight excluding hydrogens is 224 g/mol. The molecule has 2 N–H and O–H groups in total. The van der Waals surface area contributed by atoms with Crippen molar-refractivity contribution in [3.05, 3.63) is 24.3 Å². The van der Waals surface area contributed by atoms with Crippen LogP contribution in [0, 0.1) is 5.92 Å². The predicted molar refractivity (Wildman–Crippen MR) is 76.2 cm³/mol. The van der Waals surface area contributed by atoms with Gasteiger partial charge in [0.1, 0.15) is 5.75 Å². The third kappa shape index (κ3) is 2.61. The van der Waals surface area contributed by atoms with Crippen LogP contribution in [0.5, 0.6) is 5.75 Å². The van der Waals surface area contributed by atoms with Gasteiger partial charge in [0, 0.05) is 30.4 Å². The molecule has 1 aromatic rings. The Bertz CT molecular complexity index is 394. The summed E-state index contributed by atoms with van der Waals surface area (Å²) in [4.78, 5) is 2.44. The zero-order valence-corrected chi connectivity index (χ0v) is 11.6. The smallest absolute Gasteiger partial charge is 0.121 e. The molecule has 0 bridgehead atoms. The van der Waals surface area contributed by atoms with Gasteiger partial charge in [0.25, 0.3) is 0 Å². The molecule has 1 fully saturated rings. The van der Waals surface area contributed by atoms with Crippen molar-refractivity contribution >= 4 is 5.69 Å². The summed E-state index contributed by atoms with van der Waals surface area (Å²) in [5, 5.41) is 0. The second kappa shape index (κ2) is 5.61. The molecule has 0 spiro atoms. The quantitative estimate of drug-likeness (QED) is 0.893. The summed E-state index contributed by atoms with van der Waals surface area (Å²) in [6, 6.07) is 9.16. The molecule has 1 aliphatic heterocycles. The summed E-state index contributed by atoms with van der Waals surface area (Å²) in [6.07, 6.45) is 1.06. The molecule has 1 heterocycles. The lowest BCUT2D eigenvalue weighted by Gasteiger charge is -2.42. The zero-order chi connectivity index (χ0) is 13.1. The molecule has 3 unspecified atom stereocenters. The van der Waals surface area contributed by atoms with Crippen LogP contribution in [-0.4, -0.2) is 25.2 Å². The Morgan fingerprint density at radius 2 is 2.17 bits per heavy atom. The van der Waals surface area contributed by atoms with Crippen molar-refractivity contribution in [3.63, 3.8) is 0 Å². The first kappa shape index (κ1) is 13.2. The van der Waals surface area contributed by atoms with Crippen LogP contribution in [-0.2, 0) is 0 Å². The van der Waals surface area contributed by atoms with E-state index in [0.717, 1.165) is 18.7 Å². The Morgan fingerprint density at radius 3 is 2.89 bits per heavy atom. The summed E-state index contributed by atoms with van der Waals surface area (Å²) in [5.74, 6) is 1.47. The van der Waals surface area contributed by atoms with Crippen LogP contribution in [0.25, 0.3) is 0 Å². The van der Waals surface area contributed by atoms with Crippen molar-refractivity contribution in [2.45, 2.75) is 39.3 Å². The van der Waals surface area contributed by atoms with Crippen LogP contribution in [0.15, 0.2) is 24.3 Å². The van der Waals surface area contributed by atoms with Crippen molar-refractivity contribution in [3.8, 4) is 5.75 Å². The van der Waals surface area contributed by atoms with Crippen molar-refractivity contribution in [1.29, 1.82) is 0 Å². The van der Waals surface area contributed by atoms with Gasteiger partial charge in [0.15, 0.2) is 0 Å². The van der Waals surface area contributed by atoms with E-state index in [1.54, 1.807) is 0 Å². The summed E-state index contributed by atoms with van der Waals surface area (Å²) >= 11 is 0. The normalized spacial score (nSPS) is 28.2. The van der Waals surface area contributed by atoms with Gasteiger partial charge in [0.05, 0.1) is 6.61 Å². The van der Waals surface area contributed by atoms with Gasteiger partial charge in [-0.05, 0) is 38.3 Å². The highest BCUT2D eigenvalue weighted by Gasteiger charge is 2.30. The van der Waals surface area contributed by atoms with E-state index >= 15 is 0 Å². The Kier molecular flexibility index (Phi) is 4.12. The Balaban J connectivity index is 2.18. The number of benzene rings is 1. The van der Waals surface area contributed by atoms with E-state index in [9.17, 15) is 0 Å². The molecule has 100 valence electrons. The highest BCUT2D eigenvalue weighted by molar-refractivity contribution is 5.52. The predicted octanol–water partition coefficient (Wildman–Crippen LogP) is 2.65. The molecule has 0 aromatic heterocycles. The number of nitrogens with zero attached hydrogens (tertiary/aromatic N) is 1. The molecule has 0 radical (unpaired) electrons. The monoisotopic (exact) mass is 248 g/mol. The maximum absolute atomic E-state index is 6.14. The van der Waals surface area contributed by atoms with E-state index in [-0.39, 0.29) is 0 Å². The highest BCUT2D eigenvalue weighted by Crippen LogP contribution is 2.30. The molecule has 3 heteroatoms. The minimum Gasteiger partial charge on any atom is -0.494 e. The van der Waals surface area contributed by atoms with Crippen LogP contribution < -0.4 is 15.4 Å². The number of nitrogens with two attached hydrogens (primary N) is 1. The molecule has 0 aliphatic carbocycles. The molecule has 18 heavy (non-hydrogen) atoms. The largest absolute Gasteiger partial charge is 0.494 e. The van der Waals surface area contributed by atoms with Crippen LogP contribution in [0.2, 0.25) is 0 Å². The van der Waals surface area contributed by atoms with Crippen molar-refractivity contribution < 1.29 is 4.74 Å². The molecule has 1 saturated heterocycles. The number of rotatable bonds is 3. The maximum Gasteiger partial charge on any atom is 0.121 e. The van der Waals surface area contributed by atoms with Crippen molar-refractivity contribution in [2.75, 3.05) is 18.1 Å². The van der Waals surface area contributed by atoms with Gasteiger partial charge >= 0.3 is 0 Å². The van der Waals surface area contributed by atoms with Gasteiger partial charge < -0.3 is 15.4 Å². The second-order valence-corrected chi connectivity index (χ2v) is 5.18. The number of hydrogen-bond donors (Lipinski definition) is 1. The van der Waals surface area contributed by atoms with E-state index in [1.165, 1.54) is 5.69 Å². The van der Waals surface area contributed by atoms with E-state index in [0.29, 0.717) is 24.6 Å². The van der Waals surface area contributed by atoms with Gasteiger partial charge in [-0.25, -0.2) is 0 Å². The molecule has 0 amide bonds. The van der Waals surface area contributed by atoms with Crippen LogP contribution >= 0.6 is 0 Å². The summed E-state index contributed by atoms with van der Waals surface area (Å²) in [6.45, 7) is 8.25. The van der Waals surface area contributed by atoms with Crippen LogP contribution in [0.4, 0.5) is 5.69 Å². The van der Waals surface area contributed by atoms with E-state index in [4.69, 9.17) is 10.5 Å². The summed E-state index contributed by atoms with van der Waals surface area (Å²) in [7, 11) is 0. The van der Waals surface area contributed by atoms with Crippen LogP contribution in [0.3, 0.4) is 0 Å². The van der Waals surface area contributed by atoms with Crippen molar-refractivity contribution in [1.82, 2.24) is 0 Å². The lowest BCUT2D eigenvalue weighted by Crippen LogP contribution is -2.51. The lowest BCUT2D eigenvalue weighted by molar-refractivity contribution is 0.314. The fourth-order valence-electron chi connectivity index (χ4n) is 2.68. The first-order valence-electron chi connectivity index (χ1n) is 6.88. The van der Waals surface area contributed by atoms with Gasteiger partial charge in [-0.15, -0.1) is 0 Å². The zero-order valence-electron chi connectivity index (χ0n) is 11.6. The molecule has 0 saturated carbocycles. The third-order valence-corrected chi connectivity index (χ3v) is 4.09. The topological polar surface area (TPSA) is 38.5 Å². The van der Waals surface area contributed by atoms with E-state index < -0.39 is 0 Å². The fourth-order valence-corrected chi connectivity index (χ4v) is 2.68. The number of anilines is 1. The third-order valence-electron chi connectivity index (χ3n) is 4.09. The highest BCUT2D eigenvalue weighted by atomic mass is 16.5. The summed E-state index contributed by atoms with van der Waals surface area (Å²) < 4.78 is 5.57. The molecule has 3 nitrogen and oxygen atoms in total. The minimum absolute atomic E-state index is 0.325. The molecule has 3 atom stereocenters. The Labute approximate surface area is 110 Å². The van der Waals surface area contributed by atoms with Crippen LogP contribution in [0.1, 0.15) is 27.2 Å². The number of hydrogen-bond acceptors (Lipinski definition) is 3. The first-order chi connectivity index (χ1) is 8.63. The van der Waals surface area contributed by atoms with E-state index in [2.05, 4.69) is 36.9 Å². The Morgan fingerprint density at radius 1 is 1.39 bits per heavy atom. The Hall–Kier alpha value is -1.22. The molecule has 1 aromatic carbocycles.